The van der Waals surface area contributed by atoms with E-state index in [2.05, 4.69) is 0 Å². The van der Waals surface area contributed by atoms with Crippen molar-refractivity contribution in [1.82, 2.24) is 4.90 Å². The summed E-state index contributed by atoms with van der Waals surface area (Å²) in [6.45, 7) is -0.250. The topological polar surface area (TPSA) is 112 Å². The first-order valence-electron chi connectivity index (χ1n) is 13.4. The molecule has 1 saturated carbocycles. The first kappa shape index (κ1) is 32.5. The Balaban J connectivity index is 1.64. The Labute approximate surface area is 251 Å². The molecule has 2 aromatic rings. The van der Waals surface area contributed by atoms with Crippen LogP contribution in [-0.2, 0) is 36.3 Å². The highest BCUT2D eigenvalue weighted by molar-refractivity contribution is 7.92. The first-order chi connectivity index (χ1) is 20.2. The van der Waals surface area contributed by atoms with Gasteiger partial charge in [-0.3, -0.25) is 9.59 Å². The Hall–Kier alpha value is -2.91. The fourth-order valence-corrected chi connectivity index (χ4v) is 9.34. The SMILES string of the molecule is O=C(O)[C@H]1CC[C@](O)(C(=O)N2CCC3(S(=O)(=O)c4ccc(Cl)cc4)c4ccc(C(F)(C(F)(F)F)C(F)(F)F)cc4CC23)CC1. The third kappa shape index (κ3) is 4.60. The van der Waals surface area contributed by atoms with Gasteiger partial charge in [-0.15, -0.1) is 0 Å². The molecular formula is C28H25ClF7NO6S. The zero-order chi connectivity index (χ0) is 32.7. The molecule has 1 amide bonds. The van der Waals surface area contributed by atoms with Crippen molar-refractivity contribution in [1.29, 1.82) is 0 Å². The van der Waals surface area contributed by atoms with Gasteiger partial charge >= 0.3 is 24.0 Å². The molecule has 2 fully saturated rings. The van der Waals surface area contributed by atoms with Crippen LogP contribution in [0.3, 0.4) is 0 Å². The summed E-state index contributed by atoms with van der Waals surface area (Å²) in [6.07, 6.45) is -14.3. The number of likely N-dealkylation sites (tertiary alicyclic amines) is 1. The van der Waals surface area contributed by atoms with Crippen LogP contribution in [0.1, 0.15) is 48.8 Å². The lowest BCUT2D eigenvalue weighted by atomic mass is 9.78. The highest BCUT2D eigenvalue weighted by atomic mass is 35.5. The third-order valence-electron chi connectivity index (χ3n) is 9.22. The van der Waals surface area contributed by atoms with Crippen molar-refractivity contribution in [2.24, 2.45) is 5.92 Å². The van der Waals surface area contributed by atoms with E-state index in [1.54, 1.807) is 0 Å². The van der Waals surface area contributed by atoms with Crippen LogP contribution >= 0.6 is 11.6 Å². The fraction of sp³-hybridized carbons (Fsp3) is 0.500. The molecule has 2 aromatic carbocycles. The summed E-state index contributed by atoms with van der Waals surface area (Å²) in [5.74, 6) is -2.86. The number of halogens is 8. The van der Waals surface area contributed by atoms with Gasteiger partial charge in [-0.2, -0.15) is 26.3 Å². The summed E-state index contributed by atoms with van der Waals surface area (Å²) in [5, 5.41) is 20.7. The van der Waals surface area contributed by atoms with Crippen molar-refractivity contribution in [2.45, 2.75) is 77.8 Å². The minimum Gasteiger partial charge on any atom is -0.481 e. The third-order valence-corrected chi connectivity index (χ3v) is 12.0. The molecule has 1 heterocycles. The Kier molecular flexibility index (Phi) is 7.61. The van der Waals surface area contributed by atoms with Crippen molar-refractivity contribution in [3.63, 3.8) is 0 Å². The molecule has 3 aliphatic rings. The molecule has 5 rings (SSSR count). The molecule has 2 atom stereocenters. The standard InChI is InChI=1S/C28H25ClF7NO6S/c29-18-2-4-19(5-3-18)44(42,43)25-11-12-37(23(40)24(41)9-7-15(8-10-24)22(38)39)21(25)14-16-13-17(1-6-20(16)25)26(30,27(31,32)33)28(34,35)36/h1-6,13,15,21,41H,7-12,14H2,(H,38,39)/t15-,21?,24+,25?. The maximum absolute atomic E-state index is 15.0. The maximum Gasteiger partial charge on any atom is 0.435 e. The van der Waals surface area contributed by atoms with E-state index < -0.39 is 74.0 Å². The van der Waals surface area contributed by atoms with Gasteiger partial charge in [-0.05, 0) is 73.9 Å². The number of rotatable bonds is 5. The van der Waals surface area contributed by atoms with E-state index in [0.717, 1.165) is 11.0 Å². The molecule has 240 valence electrons. The second-order valence-electron chi connectivity index (χ2n) is 11.5. The summed E-state index contributed by atoms with van der Waals surface area (Å²) in [5.41, 5.74) is -10.2. The van der Waals surface area contributed by atoms with Crippen LogP contribution in [0.25, 0.3) is 0 Å². The Morgan fingerprint density at radius 1 is 0.909 bits per heavy atom. The van der Waals surface area contributed by atoms with Crippen LogP contribution in [0.2, 0.25) is 5.02 Å². The van der Waals surface area contributed by atoms with E-state index in [1.807, 2.05) is 0 Å². The number of nitrogens with zero attached hydrogens (tertiary/aromatic N) is 1. The molecular weight excluding hydrogens is 647 g/mol. The average Bonchev–Trinajstić information content (AvgIpc) is 3.47. The van der Waals surface area contributed by atoms with Gasteiger partial charge in [0, 0.05) is 17.1 Å². The Bertz CT molecular complexity index is 1590. The predicted molar refractivity (Wildman–Crippen MR) is 140 cm³/mol. The molecule has 0 radical (unpaired) electrons. The minimum absolute atomic E-state index is 0.0542. The Morgan fingerprint density at radius 3 is 2.00 bits per heavy atom. The number of hydrogen-bond donors (Lipinski definition) is 2. The van der Waals surface area contributed by atoms with Gasteiger partial charge in [0.2, 0.25) is 0 Å². The molecule has 7 nitrogen and oxygen atoms in total. The highest BCUT2D eigenvalue weighted by Gasteiger charge is 2.74. The number of carboxylic acids is 1. The first-order valence-corrected chi connectivity index (χ1v) is 15.3. The molecule has 44 heavy (non-hydrogen) atoms. The number of aliphatic carboxylic acids is 1. The fourth-order valence-electron chi connectivity index (χ4n) is 6.88. The largest absolute Gasteiger partial charge is 0.481 e. The smallest absolute Gasteiger partial charge is 0.435 e. The highest BCUT2D eigenvalue weighted by Crippen LogP contribution is 2.58. The van der Waals surface area contributed by atoms with Crippen molar-refractivity contribution in [3.05, 3.63) is 64.2 Å². The Morgan fingerprint density at radius 2 is 1.48 bits per heavy atom. The summed E-state index contributed by atoms with van der Waals surface area (Å²) in [4.78, 5) is 25.9. The number of amides is 1. The van der Waals surface area contributed by atoms with Crippen molar-refractivity contribution >= 4 is 33.3 Å². The van der Waals surface area contributed by atoms with E-state index in [4.69, 9.17) is 11.6 Å². The summed E-state index contributed by atoms with van der Waals surface area (Å²) in [6, 6.07) is 4.80. The molecule has 0 aromatic heterocycles. The van der Waals surface area contributed by atoms with Gasteiger partial charge in [0.05, 0.1) is 16.9 Å². The van der Waals surface area contributed by atoms with Crippen molar-refractivity contribution in [2.75, 3.05) is 6.54 Å². The molecule has 16 heteroatoms. The van der Waals surface area contributed by atoms with Crippen molar-refractivity contribution in [3.8, 4) is 0 Å². The van der Waals surface area contributed by atoms with Gasteiger partial charge in [-0.25, -0.2) is 12.8 Å². The number of aliphatic hydroxyl groups is 1. The lowest BCUT2D eigenvalue weighted by Crippen LogP contribution is -2.55. The summed E-state index contributed by atoms with van der Waals surface area (Å²) >= 11 is 5.91. The lowest BCUT2D eigenvalue weighted by molar-refractivity contribution is -0.348. The van der Waals surface area contributed by atoms with Gasteiger partial charge < -0.3 is 15.1 Å². The normalized spacial score (nSPS) is 27.6. The van der Waals surface area contributed by atoms with Crippen LogP contribution in [0, 0.1) is 5.92 Å². The van der Waals surface area contributed by atoms with Crippen LogP contribution in [0.4, 0.5) is 30.7 Å². The summed E-state index contributed by atoms with van der Waals surface area (Å²) < 4.78 is 123. The van der Waals surface area contributed by atoms with Gasteiger partial charge in [0.15, 0.2) is 9.84 Å². The number of hydrogen-bond acceptors (Lipinski definition) is 5. The lowest BCUT2D eigenvalue weighted by Gasteiger charge is -2.39. The number of fused-ring (bicyclic) bond motifs is 3. The van der Waals surface area contributed by atoms with E-state index in [-0.39, 0.29) is 65.8 Å². The average molecular weight is 672 g/mol. The zero-order valence-electron chi connectivity index (χ0n) is 22.6. The summed E-state index contributed by atoms with van der Waals surface area (Å²) in [7, 11) is -4.56. The van der Waals surface area contributed by atoms with E-state index in [1.165, 1.54) is 24.3 Å². The molecule has 0 spiro atoms. The molecule has 1 aliphatic heterocycles. The molecule has 2 unspecified atom stereocenters. The van der Waals surface area contributed by atoms with Crippen LogP contribution in [-0.4, -0.2) is 65.9 Å². The number of carboxylic acid groups (broad SMARTS) is 1. The van der Waals surface area contributed by atoms with E-state index >= 15 is 0 Å². The molecule has 2 aliphatic carbocycles. The second kappa shape index (κ2) is 10.3. The van der Waals surface area contributed by atoms with Crippen LogP contribution < -0.4 is 0 Å². The van der Waals surface area contributed by atoms with Gasteiger partial charge in [-0.1, -0.05) is 29.8 Å². The van der Waals surface area contributed by atoms with Crippen LogP contribution in [0.5, 0.6) is 0 Å². The molecule has 2 N–H and O–H groups in total. The van der Waals surface area contributed by atoms with Gasteiger partial charge in [0.1, 0.15) is 10.3 Å². The zero-order valence-corrected chi connectivity index (χ0v) is 24.1. The number of carbonyl (C=O) groups excluding carboxylic acids is 1. The number of benzene rings is 2. The maximum atomic E-state index is 15.0. The minimum atomic E-state index is -6.40. The number of alkyl halides is 7. The van der Waals surface area contributed by atoms with E-state index in [9.17, 15) is 59.0 Å². The predicted octanol–water partition coefficient (Wildman–Crippen LogP) is 5.46. The van der Waals surface area contributed by atoms with Crippen LogP contribution in [0.15, 0.2) is 47.4 Å². The van der Waals surface area contributed by atoms with Crippen molar-refractivity contribution < 1.29 is 59.0 Å². The molecule has 0 bridgehead atoms. The monoisotopic (exact) mass is 671 g/mol. The molecule has 1 saturated heterocycles. The quantitative estimate of drug-likeness (QED) is 0.409. The number of carbonyl (C=O) groups is 2. The van der Waals surface area contributed by atoms with Gasteiger partial charge in [0.25, 0.3) is 5.91 Å². The number of sulfone groups is 1. The van der Waals surface area contributed by atoms with E-state index in [0.29, 0.717) is 6.07 Å². The second-order valence-corrected chi connectivity index (χ2v) is 14.1.